The van der Waals surface area contributed by atoms with Gasteiger partial charge in [0.15, 0.2) is 0 Å². The summed E-state index contributed by atoms with van der Waals surface area (Å²) >= 11 is 0. The predicted molar refractivity (Wildman–Crippen MR) is 76.5 cm³/mol. The van der Waals surface area contributed by atoms with E-state index in [0.717, 1.165) is 12.1 Å². The fourth-order valence-corrected chi connectivity index (χ4v) is 2.36. The van der Waals surface area contributed by atoms with Crippen molar-refractivity contribution in [1.82, 2.24) is 4.98 Å². The molecule has 0 fully saturated rings. The van der Waals surface area contributed by atoms with Crippen molar-refractivity contribution < 1.29 is 0 Å². The molecule has 1 heterocycles. The molecule has 18 heavy (non-hydrogen) atoms. The Morgan fingerprint density at radius 3 is 2.56 bits per heavy atom. The average molecular weight is 236 g/mol. The Kier molecular flexibility index (Phi) is 2.87. The molecule has 0 bridgehead atoms. The number of fused-ring (bicyclic) bond motifs is 1. The van der Waals surface area contributed by atoms with E-state index >= 15 is 0 Å². The highest BCUT2D eigenvalue weighted by Gasteiger charge is 2.06. The summed E-state index contributed by atoms with van der Waals surface area (Å²) in [6, 6.07) is 18.9. The van der Waals surface area contributed by atoms with Crippen LogP contribution in [-0.4, -0.2) is 11.5 Å². The molecule has 0 saturated carbocycles. The number of nitrogens with one attached hydrogen (secondary N) is 1. The van der Waals surface area contributed by atoms with Crippen molar-refractivity contribution in [3.8, 4) is 11.3 Å². The van der Waals surface area contributed by atoms with E-state index < -0.39 is 0 Å². The average Bonchev–Trinajstić information content (AvgIpc) is 2.85. The van der Waals surface area contributed by atoms with Crippen LogP contribution in [0, 0.1) is 0 Å². The minimum absolute atomic E-state index is 0.685. The summed E-state index contributed by atoms with van der Waals surface area (Å²) in [5.74, 6) is 0. The molecule has 0 aliphatic carbocycles. The molecular formula is C16H16N2. The Morgan fingerprint density at radius 2 is 1.78 bits per heavy atom. The van der Waals surface area contributed by atoms with Crippen molar-refractivity contribution in [2.45, 2.75) is 6.42 Å². The molecule has 3 N–H and O–H groups in total. The van der Waals surface area contributed by atoms with Crippen LogP contribution in [0.25, 0.3) is 22.2 Å². The summed E-state index contributed by atoms with van der Waals surface area (Å²) in [5, 5.41) is 1.28. The first-order valence-electron chi connectivity index (χ1n) is 6.24. The normalized spacial score (nSPS) is 10.9. The van der Waals surface area contributed by atoms with Crippen molar-refractivity contribution in [2.24, 2.45) is 5.73 Å². The first-order valence-corrected chi connectivity index (χ1v) is 6.24. The number of benzene rings is 2. The first-order chi connectivity index (χ1) is 8.88. The maximum atomic E-state index is 5.66. The van der Waals surface area contributed by atoms with E-state index in [0.29, 0.717) is 6.54 Å². The van der Waals surface area contributed by atoms with Gasteiger partial charge in [-0.2, -0.15) is 0 Å². The minimum Gasteiger partial charge on any atom is -0.355 e. The number of hydrogen-bond acceptors (Lipinski definition) is 1. The lowest BCUT2D eigenvalue weighted by molar-refractivity contribution is 0.977. The standard InChI is InChI=1S/C16H16N2/c17-10-9-12-7-4-8-15-14(12)11-16(18-15)13-5-2-1-3-6-13/h1-8,11,18H,9-10,17H2. The number of nitrogens with two attached hydrogens (primary N) is 1. The summed E-state index contributed by atoms with van der Waals surface area (Å²) < 4.78 is 0. The van der Waals surface area contributed by atoms with Crippen molar-refractivity contribution >= 4 is 10.9 Å². The van der Waals surface area contributed by atoms with Crippen LogP contribution in [0.2, 0.25) is 0 Å². The minimum atomic E-state index is 0.685. The van der Waals surface area contributed by atoms with Crippen molar-refractivity contribution in [1.29, 1.82) is 0 Å². The highest BCUT2D eigenvalue weighted by molar-refractivity contribution is 5.88. The lowest BCUT2D eigenvalue weighted by atomic mass is 10.1. The second-order valence-electron chi connectivity index (χ2n) is 4.47. The van der Waals surface area contributed by atoms with Crippen LogP contribution in [0.3, 0.4) is 0 Å². The lowest BCUT2D eigenvalue weighted by Gasteiger charge is -1.99. The maximum Gasteiger partial charge on any atom is 0.0464 e. The van der Waals surface area contributed by atoms with Crippen LogP contribution in [0.5, 0.6) is 0 Å². The molecular weight excluding hydrogens is 220 g/mol. The largest absolute Gasteiger partial charge is 0.355 e. The predicted octanol–water partition coefficient (Wildman–Crippen LogP) is 3.34. The second kappa shape index (κ2) is 4.67. The van der Waals surface area contributed by atoms with Gasteiger partial charge in [-0.1, -0.05) is 42.5 Å². The molecule has 0 aliphatic rings. The number of rotatable bonds is 3. The molecule has 2 nitrogen and oxygen atoms in total. The SMILES string of the molecule is NCCc1cccc2[nH]c(-c3ccccc3)cc12. The van der Waals surface area contributed by atoms with Crippen molar-refractivity contribution in [3.05, 3.63) is 60.2 Å². The Hall–Kier alpha value is -2.06. The summed E-state index contributed by atoms with van der Waals surface area (Å²) in [7, 11) is 0. The molecule has 90 valence electrons. The molecule has 2 heteroatoms. The van der Waals surface area contributed by atoms with E-state index in [1.54, 1.807) is 0 Å². The monoisotopic (exact) mass is 236 g/mol. The molecule has 0 radical (unpaired) electrons. The van der Waals surface area contributed by atoms with E-state index in [2.05, 4.69) is 53.5 Å². The zero-order valence-electron chi connectivity index (χ0n) is 10.2. The van der Waals surface area contributed by atoms with E-state index in [4.69, 9.17) is 5.73 Å². The van der Waals surface area contributed by atoms with Gasteiger partial charge in [0.1, 0.15) is 0 Å². The van der Waals surface area contributed by atoms with Crippen LogP contribution < -0.4 is 5.73 Å². The summed E-state index contributed by atoms with van der Waals surface area (Å²) in [6.45, 7) is 0.685. The molecule has 0 amide bonds. The Labute approximate surface area is 106 Å². The van der Waals surface area contributed by atoms with Gasteiger partial charge in [0.25, 0.3) is 0 Å². The third kappa shape index (κ3) is 1.91. The third-order valence-corrected chi connectivity index (χ3v) is 3.25. The van der Waals surface area contributed by atoms with Gasteiger partial charge in [-0.15, -0.1) is 0 Å². The number of aromatic nitrogens is 1. The second-order valence-corrected chi connectivity index (χ2v) is 4.47. The van der Waals surface area contributed by atoms with Gasteiger partial charge in [0.05, 0.1) is 0 Å². The molecule has 0 spiro atoms. The molecule has 1 aromatic heterocycles. The van der Waals surface area contributed by atoms with E-state index in [1.165, 1.54) is 22.0 Å². The van der Waals surface area contributed by atoms with Gasteiger partial charge >= 0.3 is 0 Å². The Bertz CT molecular complexity index is 653. The topological polar surface area (TPSA) is 41.8 Å². The highest BCUT2D eigenvalue weighted by atomic mass is 14.7. The molecule has 3 rings (SSSR count). The fraction of sp³-hybridized carbons (Fsp3) is 0.125. The van der Waals surface area contributed by atoms with E-state index in [-0.39, 0.29) is 0 Å². The molecule has 0 aliphatic heterocycles. The Morgan fingerprint density at radius 1 is 0.944 bits per heavy atom. The maximum absolute atomic E-state index is 5.66. The van der Waals surface area contributed by atoms with Gasteiger partial charge in [-0.3, -0.25) is 0 Å². The van der Waals surface area contributed by atoms with Gasteiger partial charge in [0.2, 0.25) is 0 Å². The quantitative estimate of drug-likeness (QED) is 0.719. The molecule has 3 aromatic rings. The zero-order valence-corrected chi connectivity index (χ0v) is 10.2. The number of hydrogen-bond donors (Lipinski definition) is 2. The Balaban J connectivity index is 2.14. The molecule has 0 saturated heterocycles. The van der Waals surface area contributed by atoms with Crippen LogP contribution in [0.4, 0.5) is 0 Å². The third-order valence-electron chi connectivity index (χ3n) is 3.25. The lowest BCUT2D eigenvalue weighted by Crippen LogP contribution is -2.02. The number of H-pyrrole nitrogens is 1. The molecule has 0 unspecified atom stereocenters. The number of aromatic amines is 1. The summed E-state index contributed by atoms with van der Waals surface area (Å²) in [6.07, 6.45) is 0.920. The van der Waals surface area contributed by atoms with Gasteiger partial charge in [-0.05, 0) is 36.2 Å². The van der Waals surface area contributed by atoms with Crippen LogP contribution >= 0.6 is 0 Å². The van der Waals surface area contributed by atoms with Gasteiger partial charge in [0, 0.05) is 16.6 Å². The van der Waals surface area contributed by atoms with Crippen molar-refractivity contribution in [3.63, 3.8) is 0 Å². The van der Waals surface area contributed by atoms with Crippen molar-refractivity contribution in [2.75, 3.05) is 6.54 Å². The summed E-state index contributed by atoms with van der Waals surface area (Å²) in [4.78, 5) is 3.47. The molecule has 0 atom stereocenters. The smallest absolute Gasteiger partial charge is 0.0464 e. The zero-order chi connectivity index (χ0) is 12.4. The first kappa shape index (κ1) is 11.1. The van der Waals surface area contributed by atoms with Gasteiger partial charge < -0.3 is 10.7 Å². The van der Waals surface area contributed by atoms with Gasteiger partial charge in [-0.25, -0.2) is 0 Å². The van der Waals surface area contributed by atoms with Crippen LogP contribution in [0.1, 0.15) is 5.56 Å². The van der Waals surface area contributed by atoms with E-state index in [9.17, 15) is 0 Å². The van der Waals surface area contributed by atoms with E-state index in [1.807, 2.05) is 6.07 Å². The highest BCUT2D eigenvalue weighted by Crippen LogP contribution is 2.26. The molecule has 2 aromatic carbocycles. The van der Waals surface area contributed by atoms with Crippen LogP contribution in [-0.2, 0) is 6.42 Å². The van der Waals surface area contributed by atoms with Crippen LogP contribution in [0.15, 0.2) is 54.6 Å². The fourth-order valence-electron chi connectivity index (χ4n) is 2.36. The summed E-state index contributed by atoms with van der Waals surface area (Å²) in [5.41, 5.74) is 10.5.